The molecule has 150 valence electrons. The number of para-hydroxylation sites is 1. The first kappa shape index (κ1) is 20.1. The molecule has 0 bridgehead atoms. The third-order valence-electron chi connectivity index (χ3n) is 4.68. The molecule has 8 nitrogen and oxygen atoms in total. The molecule has 1 aliphatic heterocycles. The maximum absolute atomic E-state index is 12.2. The first-order valence-corrected chi connectivity index (χ1v) is 9.41. The SMILES string of the molecule is O=C(C=Cc1c[nH]c2ccccc12)NC(CO)C(=O)NCCN1CCOCC1. The van der Waals surface area contributed by atoms with E-state index in [0.29, 0.717) is 26.3 Å². The van der Waals surface area contributed by atoms with Gasteiger partial charge in [0.15, 0.2) is 0 Å². The van der Waals surface area contributed by atoms with Gasteiger partial charge in [-0.1, -0.05) is 18.2 Å². The van der Waals surface area contributed by atoms with E-state index >= 15 is 0 Å². The zero-order valence-electron chi connectivity index (χ0n) is 15.7. The van der Waals surface area contributed by atoms with Gasteiger partial charge in [-0.05, 0) is 17.7 Å². The van der Waals surface area contributed by atoms with Gasteiger partial charge in [0.25, 0.3) is 0 Å². The number of aliphatic hydroxyl groups excluding tert-OH is 1. The second kappa shape index (κ2) is 10.0. The molecule has 3 rings (SSSR count). The Kier molecular flexibility index (Phi) is 7.18. The number of morpholine rings is 1. The smallest absolute Gasteiger partial charge is 0.245 e. The molecule has 8 heteroatoms. The van der Waals surface area contributed by atoms with E-state index in [1.165, 1.54) is 6.08 Å². The normalized spacial score (nSPS) is 16.3. The quantitative estimate of drug-likeness (QED) is 0.482. The number of amides is 2. The van der Waals surface area contributed by atoms with Crippen LogP contribution in [-0.2, 0) is 14.3 Å². The highest BCUT2D eigenvalue weighted by Crippen LogP contribution is 2.18. The number of nitrogens with zero attached hydrogens (tertiary/aromatic N) is 1. The van der Waals surface area contributed by atoms with Gasteiger partial charge in [0, 0.05) is 49.4 Å². The van der Waals surface area contributed by atoms with E-state index in [4.69, 9.17) is 4.74 Å². The summed E-state index contributed by atoms with van der Waals surface area (Å²) in [4.78, 5) is 29.7. The van der Waals surface area contributed by atoms with Crippen LogP contribution in [0.2, 0.25) is 0 Å². The van der Waals surface area contributed by atoms with Crippen molar-refractivity contribution in [3.05, 3.63) is 42.1 Å². The molecule has 28 heavy (non-hydrogen) atoms. The van der Waals surface area contributed by atoms with Crippen LogP contribution in [0.1, 0.15) is 5.56 Å². The maximum Gasteiger partial charge on any atom is 0.245 e. The third-order valence-corrected chi connectivity index (χ3v) is 4.68. The van der Waals surface area contributed by atoms with Gasteiger partial charge in [-0.15, -0.1) is 0 Å². The molecular formula is C20H26N4O4. The van der Waals surface area contributed by atoms with E-state index in [1.54, 1.807) is 6.08 Å². The zero-order chi connectivity index (χ0) is 19.8. The molecule has 1 aromatic heterocycles. The van der Waals surface area contributed by atoms with E-state index in [2.05, 4.69) is 20.5 Å². The molecule has 1 fully saturated rings. The lowest BCUT2D eigenvalue weighted by atomic mass is 10.1. The van der Waals surface area contributed by atoms with Crippen LogP contribution in [0.25, 0.3) is 17.0 Å². The van der Waals surface area contributed by atoms with Crippen molar-refractivity contribution >= 4 is 28.8 Å². The van der Waals surface area contributed by atoms with Gasteiger partial charge in [0.2, 0.25) is 11.8 Å². The van der Waals surface area contributed by atoms with Crippen LogP contribution in [0.4, 0.5) is 0 Å². The molecule has 1 aromatic carbocycles. The molecule has 4 N–H and O–H groups in total. The number of aromatic nitrogens is 1. The van der Waals surface area contributed by atoms with Gasteiger partial charge >= 0.3 is 0 Å². The van der Waals surface area contributed by atoms with E-state index in [-0.39, 0.29) is 0 Å². The minimum absolute atomic E-state index is 0.399. The van der Waals surface area contributed by atoms with Crippen LogP contribution in [-0.4, -0.2) is 78.8 Å². The molecule has 2 aromatic rings. The lowest BCUT2D eigenvalue weighted by Gasteiger charge is -2.26. The number of fused-ring (bicyclic) bond motifs is 1. The standard InChI is InChI=1S/C20H26N4O4/c25-14-18(20(27)21-7-8-24-9-11-28-12-10-24)23-19(26)6-5-15-13-22-17-4-2-1-3-16(15)17/h1-6,13,18,22,25H,7-12,14H2,(H,21,27)(H,23,26). The van der Waals surface area contributed by atoms with Crippen molar-refractivity contribution in [1.29, 1.82) is 0 Å². The van der Waals surface area contributed by atoms with Gasteiger partial charge in [-0.25, -0.2) is 0 Å². The van der Waals surface area contributed by atoms with Crippen LogP contribution in [0.3, 0.4) is 0 Å². The molecule has 0 radical (unpaired) electrons. The Morgan fingerprint density at radius 1 is 1.29 bits per heavy atom. The number of hydrogen-bond donors (Lipinski definition) is 4. The van der Waals surface area contributed by atoms with Gasteiger partial charge in [0.05, 0.1) is 19.8 Å². The Balaban J connectivity index is 1.47. The average molecular weight is 386 g/mol. The summed E-state index contributed by atoms with van der Waals surface area (Å²) >= 11 is 0. The Labute approximate surface area is 163 Å². The maximum atomic E-state index is 12.2. The highest BCUT2D eigenvalue weighted by atomic mass is 16.5. The number of hydrogen-bond acceptors (Lipinski definition) is 5. The summed E-state index contributed by atoms with van der Waals surface area (Å²) in [5.41, 5.74) is 1.86. The second-order valence-corrected chi connectivity index (χ2v) is 6.61. The lowest BCUT2D eigenvalue weighted by Crippen LogP contribution is -2.50. The molecular weight excluding hydrogens is 360 g/mol. The fraction of sp³-hybridized carbons (Fsp3) is 0.400. The van der Waals surface area contributed by atoms with Crippen molar-refractivity contribution in [2.24, 2.45) is 0 Å². The Bertz CT molecular complexity index is 826. The van der Waals surface area contributed by atoms with Gasteiger partial charge in [0.1, 0.15) is 6.04 Å². The third kappa shape index (κ3) is 5.41. The number of benzene rings is 1. The largest absolute Gasteiger partial charge is 0.394 e. The van der Waals surface area contributed by atoms with Crippen LogP contribution in [0.5, 0.6) is 0 Å². The Morgan fingerprint density at radius 2 is 2.07 bits per heavy atom. The molecule has 1 atom stereocenters. The number of carbonyl (C=O) groups is 2. The molecule has 2 amide bonds. The van der Waals surface area contributed by atoms with E-state index in [0.717, 1.165) is 29.6 Å². The molecule has 0 aliphatic carbocycles. The number of aromatic amines is 1. The molecule has 1 saturated heterocycles. The van der Waals surface area contributed by atoms with Crippen molar-refractivity contribution in [1.82, 2.24) is 20.5 Å². The van der Waals surface area contributed by atoms with E-state index in [1.807, 2.05) is 30.5 Å². The van der Waals surface area contributed by atoms with Crippen molar-refractivity contribution in [2.75, 3.05) is 46.0 Å². The van der Waals surface area contributed by atoms with Crippen molar-refractivity contribution < 1.29 is 19.4 Å². The van der Waals surface area contributed by atoms with Crippen molar-refractivity contribution in [2.45, 2.75) is 6.04 Å². The van der Waals surface area contributed by atoms with Crippen molar-refractivity contribution in [3.63, 3.8) is 0 Å². The second-order valence-electron chi connectivity index (χ2n) is 6.61. The average Bonchev–Trinajstić information content (AvgIpc) is 3.14. The highest BCUT2D eigenvalue weighted by Gasteiger charge is 2.19. The monoisotopic (exact) mass is 386 g/mol. The highest BCUT2D eigenvalue weighted by molar-refractivity contribution is 5.98. The molecule has 0 spiro atoms. The topological polar surface area (TPSA) is 107 Å². The molecule has 0 saturated carbocycles. The fourth-order valence-electron chi connectivity index (χ4n) is 3.10. The number of rotatable bonds is 8. The summed E-state index contributed by atoms with van der Waals surface area (Å²) in [7, 11) is 0. The molecule has 2 heterocycles. The van der Waals surface area contributed by atoms with Crippen LogP contribution in [0, 0.1) is 0 Å². The summed E-state index contributed by atoms with van der Waals surface area (Å²) < 4.78 is 5.28. The first-order valence-electron chi connectivity index (χ1n) is 9.41. The Hall–Kier alpha value is -2.68. The van der Waals surface area contributed by atoms with E-state index < -0.39 is 24.5 Å². The number of carbonyl (C=O) groups excluding carboxylic acids is 2. The first-order chi connectivity index (χ1) is 13.7. The predicted octanol–water partition coefficient (Wildman–Crippen LogP) is 0.107. The van der Waals surface area contributed by atoms with Crippen LogP contribution < -0.4 is 10.6 Å². The number of nitrogens with one attached hydrogen (secondary N) is 3. The summed E-state index contributed by atoms with van der Waals surface area (Å²) in [6.07, 6.45) is 4.86. The minimum Gasteiger partial charge on any atom is -0.394 e. The minimum atomic E-state index is -0.982. The van der Waals surface area contributed by atoms with Crippen molar-refractivity contribution in [3.8, 4) is 0 Å². The summed E-state index contributed by atoms with van der Waals surface area (Å²) in [6.45, 7) is 3.79. The van der Waals surface area contributed by atoms with Crippen LogP contribution in [0.15, 0.2) is 36.5 Å². The summed E-state index contributed by atoms with van der Waals surface area (Å²) in [5.74, 6) is -0.836. The van der Waals surface area contributed by atoms with Gasteiger partial charge in [-0.2, -0.15) is 0 Å². The lowest BCUT2D eigenvalue weighted by molar-refractivity contribution is -0.128. The fourth-order valence-corrected chi connectivity index (χ4v) is 3.10. The molecule has 1 unspecified atom stereocenters. The Morgan fingerprint density at radius 3 is 2.86 bits per heavy atom. The number of ether oxygens (including phenoxy) is 1. The van der Waals surface area contributed by atoms with Gasteiger partial charge < -0.3 is 25.5 Å². The van der Waals surface area contributed by atoms with Crippen LogP contribution >= 0.6 is 0 Å². The zero-order valence-corrected chi connectivity index (χ0v) is 15.7. The predicted molar refractivity (Wildman–Crippen MR) is 107 cm³/mol. The van der Waals surface area contributed by atoms with Gasteiger partial charge in [-0.3, -0.25) is 14.5 Å². The molecule has 1 aliphatic rings. The summed E-state index contributed by atoms with van der Waals surface area (Å²) in [6, 6.07) is 6.79. The number of aliphatic hydroxyl groups is 1. The van der Waals surface area contributed by atoms with E-state index in [9.17, 15) is 14.7 Å². The number of H-pyrrole nitrogens is 1. The summed E-state index contributed by atoms with van der Waals surface area (Å²) in [5, 5.41) is 15.7.